The molecule has 0 heterocycles. The molecule has 0 bridgehead atoms. The van der Waals surface area contributed by atoms with Crippen LogP contribution >= 0.6 is 0 Å². The molecule has 0 amide bonds. The molecule has 2 nitrogen and oxygen atoms in total. The molecule has 1 aromatic rings. The molecule has 27 heavy (non-hydrogen) atoms. The normalized spacial score (nSPS) is 22.0. The molecule has 0 N–H and O–H groups in total. The highest BCUT2D eigenvalue weighted by Crippen LogP contribution is 2.35. The van der Waals surface area contributed by atoms with Crippen LogP contribution in [0.5, 0.6) is 0 Å². The van der Waals surface area contributed by atoms with E-state index in [9.17, 15) is 21.6 Å². The van der Waals surface area contributed by atoms with Crippen molar-refractivity contribution in [2.75, 3.05) is 5.75 Å². The number of rotatable bonds is 7. The van der Waals surface area contributed by atoms with Crippen molar-refractivity contribution in [2.24, 2.45) is 11.8 Å². The van der Waals surface area contributed by atoms with Crippen molar-refractivity contribution in [3.63, 3.8) is 0 Å². The van der Waals surface area contributed by atoms with Gasteiger partial charge in [-0.05, 0) is 75.5 Å². The van der Waals surface area contributed by atoms with Crippen molar-refractivity contribution < 1.29 is 21.6 Å². The molecule has 0 unspecified atom stereocenters. The number of hydrogen-bond acceptors (Lipinski definition) is 2. The van der Waals surface area contributed by atoms with Gasteiger partial charge in [-0.15, -0.1) is 0 Å². The summed E-state index contributed by atoms with van der Waals surface area (Å²) in [4.78, 5) is 0. The van der Waals surface area contributed by atoms with Gasteiger partial charge in [-0.3, -0.25) is 0 Å². The first-order chi connectivity index (χ1) is 12.4. The predicted molar refractivity (Wildman–Crippen MR) is 103 cm³/mol. The Kier molecular flexibility index (Phi) is 7.04. The molecule has 1 saturated carbocycles. The summed E-state index contributed by atoms with van der Waals surface area (Å²) in [5, 5.41) is 0. The molecule has 0 atom stereocenters. The number of benzene rings is 1. The molecule has 0 radical (unpaired) electrons. The lowest BCUT2D eigenvalue weighted by Gasteiger charge is -2.31. The fourth-order valence-electron chi connectivity index (χ4n) is 3.67. The number of aryl methyl sites for hydroxylation is 1. The maximum Gasteiger partial charge on any atom is 0.416 e. The van der Waals surface area contributed by atoms with Crippen LogP contribution in [0.25, 0.3) is 0 Å². The van der Waals surface area contributed by atoms with Gasteiger partial charge in [-0.2, -0.15) is 13.2 Å². The van der Waals surface area contributed by atoms with Gasteiger partial charge < -0.3 is 0 Å². The maximum absolute atomic E-state index is 12.6. The molecule has 0 aliphatic heterocycles. The van der Waals surface area contributed by atoms with E-state index in [1.807, 2.05) is 6.92 Å². The van der Waals surface area contributed by atoms with E-state index in [1.165, 1.54) is 0 Å². The second-order valence-corrected chi connectivity index (χ2v) is 11.2. The van der Waals surface area contributed by atoms with Crippen molar-refractivity contribution in [3.05, 3.63) is 35.4 Å². The minimum Gasteiger partial charge on any atom is -0.228 e. The van der Waals surface area contributed by atoms with Gasteiger partial charge in [0.1, 0.15) is 0 Å². The first-order valence-electron chi connectivity index (χ1n) is 9.83. The summed E-state index contributed by atoms with van der Waals surface area (Å²) in [6.07, 6.45) is 1.93. The number of sulfone groups is 1. The Hall–Kier alpha value is -1.04. The van der Waals surface area contributed by atoms with Crippen LogP contribution in [0.1, 0.15) is 70.4 Å². The molecule has 0 aromatic heterocycles. The molecule has 154 valence electrons. The van der Waals surface area contributed by atoms with E-state index in [0.29, 0.717) is 12.3 Å². The van der Waals surface area contributed by atoms with E-state index in [0.717, 1.165) is 56.2 Å². The molecule has 2 rings (SSSR count). The molecule has 1 aliphatic carbocycles. The Morgan fingerprint density at radius 2 is 1.48 bits per heavy atom. The van der Waals surface area contributed by atoms with E-state index < -0.39 is 26.3 Å². The fourth-order valence-corrected chi connectivity index (χ4v) is 5.52. The molecule has 0 saturated heterocycles. The monoisotopic (exact) mass is 404 g/mol. The Labute approximate surface area is 161 Å². The van der Waals surface area contributed by atoms with Crippen LogP contribution in [-0.4, -0.2) is 18.9 Å². The van der Waals surface area contributed by atoms with E-state index in [2.05, 4.69) is 0 Å². The zero-order chi connectivity index (χ0) is 20.3. The topological polar surface area (TPSA) is 34.1 Å². The highest BCUT2D eigenvalue weighted by Gasteiger charge is 2.35. The van der Waals surface area contributed by atoms with Crippen molar-refractivity contribution in [1.82, 2.24) is 0 Å². The Balaban J connectivity index is 1.80. The highest BCUT2D eigenvalue weighted by atomic mass is 32.2. The average Bonchev–Trinajstić information content (AvgIpc) is 2.60. The van der Waals surface area contributed by atoms with Gasteiger partial charge in [0.05, 0.1) is 16.1 Å². The quantitative estimate of drug-likeness (QED) is 0.554. The molecule has 0 spiro atoms. The lowest BCUT2D eigenvalue weighted by Crippen LogP contribution is -2.36. The van der Waals surface area contributed by atoms with Crippen LogP contribution in [-0.2, 0) is 22.4 Å². The summed E-state index contributed by atoms with van der Waals surface area (Å²) in [6.45, 7) is 5.52. The summed E-state index contributed by atoms with van der Waals surface area (Å²) in [5.74, 6) is 1.05. The first kappa shape index (κ1) is 22.3. The summed E-state index contributed by atoms with van der Waals surface area (Å²) in [6, 6.07) is 5.42. The highest BCUT2D eigenvalue weighted by molar-refractivity contribution is 7.92. The van der Waals surface area contributed by atoms with Gasteiger partial charge in [0, 0.05) is 0 Å². The third-order valence-corrected chi connectivity index (χ3v) is 9.12. The summed E-state index contributed by atoms with van der Waals surface area (Å²) in [5.41, 5.74) is 0.320. The van der Waals surface area contributed by atoms with Gasteiger partial charge >= 0.3 is 6.18 Å². The van der Waals surface area contributed by atoms with Gasteiger partial charge in [-0.1, -0.05) is 31.9 Å². The van der Waals surface area contributed by atoms with Crippen LogP contribution in [0.2, 0.25) is 0 Å². The predicted octanol–water partition coefficient (Wildman–Crippen LogP) is 6.05. The van der Waals surface area contributed by atoms with Crippen LogP contribution in [0.4, 0.5) is 13.2 Å². The van der Waals surface area contributed by atoms with Crippen LogP contribution in [0, 0.1) is 11.8 Å². The Morgan fingerprint density at radius 3 is 1.96 bits per heavy atom. The third-order valence-electron chi connectivity index (χ3n) is 6.24. The summed E-state index contributed by atoms with van der Waals surface area (Å²) >= 11 is 0. The number of alkyl halides is 3. The zero-order valence-corrected chi connectivity index (χ0v) is 17.3. The van der Waals surface area contributed by atoms with Gasteiger partial charge in [0.15, 0.2) is 9.84 Å². The van der Waals surface area contributed by atoms with Crippen molar-refractivity contribution in [2.45, 2.75) is 76.6 Å². The lowest BCUT2D eigenvalue weighted by atomic mass is 9.80. The maximum atomic E-state index is 12.6. The third kappa shape index (κ3) is 5.97. The number of halogens is 3. The Morgan fingerprint density at radius 1 is 0.963 bits per heavy atom. The molecular weight excluding hydrogens is 373 g/mol. The lowest BCUT2D eigenvalue weighted by molar-refractivity contribution is -0.137. The smallest absolute Gasteiger partial charge is 0.228 e. The second kappa shape index (κ2) is 8.54. The van der Waals surface area contributed by atoms with Crippen LogP contribution in [0.3, 0.4) is 0 Å². The van der Waals surface area contributed by atoms with E-state index in [-0.39, 0.29) is 11.7 Å². The van der Waals surface area contributed by atoms with Gasteiger partial charge in [-0.25, -0.2) is 8.42 Å². The largest absolute Gasteiger partial charge is 0.416 e. The SMILES string of the molecule is CCC(C)(C)S(=O)(=O)CC1CCC(CCc2ccc(C(F)(F)F)cc2)CC1. The van der Waals surface area contributed by atoms with E-state index in [4.69, 9.17) is 0 Å². The summed E-state index contributed by atoms with van der Waals surface area (Å²) < 4.78 is 62.3. The van der Waals surface area contributed by atoms with Crippen molar-refractivity contribution in [1.29, 1.82) is 0 Å². The molecular formula is C21H31F3O2S. The van der Waals surface area contributed by atoms with Crippen molar-refractivity contribution in [3.8, 4) is 0 Å². The van der Waals surface area contributed by atoms with Crippen LogP contribution in [0.15, 0.2) is 24.3 Å². The van der Waals surface area contributed by atoms with Crippen molar-refractivity contribution >= 4 is 9.84 Å². The minimum absolute atomic E-state index is 0.239. The van der Waals surface area contributed by atoms with Gasteiger partial charge in [0.25, 0.3) is 0 Å². The molecule has 1 aromatic carbocycles. The molecule has 1 aliphatic rings. The molecule has 1 fully saturated rings. The Bertz CT molecular complexity index is 698. The standard InChI is InChI=1S/C21H31F3O2S/c1-4-20(2,3)27(25,26)15-18-9-7-16(8-10-18)5-6-17-11-13-19(14-12-17)21(22,23)24/h11-14,16,18H,4-10,15H2,1-3H3. The summed E-state index contributed by atoms with van der Waals surface area (Å²) in [7, 11) is -3.09. The van der Waals surface area contributed by atoms with Crippen LogP contribution < -0.4 is 0 Å². The average molecular weight is 405 g/mol. The minimum atomic E-state index is -4.29. The second-order valence-electron chi connectivity index (χ2n) is 8.51. The van der Waals surface area contributed by atoms with E-state index in [1.54, 1.807) is 26.0 Å². The number of hydrogen-bond donors (Lipinski definition) is 0. The van der Waals surface area contributed by atoms with E-state index >= 15 is 0 Å². The van der Waals surface area contributed by atoms with Gasteiger partial charge in [0.2, 0.25) is 0 Å². The first-order valence-corrected chi connectivity index (χ1v) is 11.5. The fraction of sp³-hybridized carbons (Fsp3) is 0.714. The molecule has 6 heteroatoms. The zero-order valence-electron chi connectivity index (χ0n) is 16.5.